The van der Waals surface area contributed by atoms with Gasteiger partial charge < -0.3 is 5.32 Å². The number of nitrogens with zero attached hydrogens (tertiary/aromatic N) is 1. The topological polar surface area (TPSA) is 32.3 Å². The van der Waals surface area contributed by atoms with Crippen LogP contribution in [0.5, 0.6) is 0 Å². The van der Waals surface area contributed by atoms with Crippen molar-refractivity contribution in [1.29, 1.82) is 0 Å². The van der Waals surface area contributed by atoms with Crippen LogP contribution in [0.15, 0.2) is 78.9 Å². The van der Waals surface area contributed by atoms with Crippen molar-refractivity contribution in [2.45, 2.75) is 13.0 Å². The number of amides is 1. The quantitative estimate of drug-likeness (QED) is 0.764. The highest BCUT2D eigenvalue weighted by Gasteiger charge is 2.18. The highest BCUT2D eigenvalue weighted by atomic mass is 16.2. The lowest BCUT2D eigenvalue weighted by atomic mass is 10.00. The third kappa shape index (κ3) is 3.68. The Bertz CT molecular complexity index is 905. The van der Waals surface area contributed by atoms with Gasteiger partial charge in [0.25, 0.3) is 0 Å². The Morgan fingerprint density at radius 2 is 1.54 bits per heavy atom. The molecule has 0 spiro atoms. The number of fused-ring (bicyclic) bond motifs is 1. The molecule has 3 aromatic carbocycles. The number of anilines is 1. The number of rotatable bonds is 4. The first-order chi connectivity index (χ1) is 12.8. The summed E-state index contributed by atoms with van der Waals surface area (Å²) in [6.07, 6.45) is 1.00. The normalized spacial score (nSPS) is 13.8. The molecule has 26 heavy (non-hydrogen) atoms. The number of nitrogens with one attached hydrogen (secondary N) is 1. The summed E-state index contributed by atoms with van der Waals surface area (Å²) >= 11 is 0. The summed E-state index contributed by atoms with van der Waals surface area (Å²) < 4.78 is 0. The van der Waals surface area contributed by atoms with E-state index in [4.69, 9.17) is 0 Å². The summed E-state index contributed by atoms with van der Waals surface area (Å²) in [6.45, 7) is 2.17. The Kier molecular flexibility index (Phi) is 4.80. The molecule has 0 fully saturated rings. The van der Waals surface area contributed by atoms with E-state index in [1.54, 1.807) is 0 Å². The van der Waals surface area contributed by atoms with Gasteiger partial charge in [-0.2, -0.15) is 0 Å². The fourth-order valence-corrected chi connectivity index (χ4v) is 3.54. The van der Waals surface area contributed by atoms with Crippen LogP contribution >= 0.6 is 0 Å². The molecule has 1 heterocycles. The molecule has 1 aliphatic heterocycles. The standard InChI is InChI=1S/C23H22N2O/c26-23(17-25-15-14-18-8-4-5-11-20(18)16-25)24-22-13-7-6-12-21(22)19-9-2-1-3-10-19/h1-13H,14-17H2,(H,24,26). The van der Waals surface area contributed by atoms with Gasteiger partial charge in [0.2, 0.25) is 5.91 Å². The molecular weight excluding hydrogens is 320 g/mol. The Labute approximate surface area is 154 Å². The summed E-state index contributed by atoms with van der Waals surface area (Å²) in [5.74, 6) is 0.0350. The second-order valence-corrected chi connectivity index (χ2v) is 6.69. The van der Waals surface area contributed by atoms with Crippen LogP contribution < -0.4 is 5.32 Å². The molecule has 1 aliphatic rings. The molecule has 0 aliphatic carbocycles. The van der Waals surface area contributed by atoms with Gasteiger partial charge in [-0.05, 0) is 29.2 Å². The average Bonchev–Trinajstić information content (AvgIpc) is 2.69. The van der Waals surface area contributed by atoms with Crippen molar-refractivity contribution in [2.24, 2.45) is 0 Å². The molecule has 0 saturated carbocycles. The van der Waals surface area contributed by atoms with Crippen molar-refractivity contribution in [2.75, 3.05) is 18.4 Å². The molecule has 3 heteroatoms. The van der Waals surface area contributed by atoms with E-state index in [0.717, 1.165) is 36.3 Å². The molecular formula is C23H22N2O. The highest BCUT2D eigenvalue weighted by molar-refractivity contribution is 5.96. The maximum Gasteiger partial charge on any atom is 0.238 e. The zero-order valence-corrected chi connectivity index (χ0v) is 14.7. The molecule has 130 valence electrons. The van der Waals surface area contributed by atoms with Crippen LogP contribution in [0.3, 0.4) is 0 Å². The first-order valence-electron chi connectivity index (χ1n) is 9.03. The van der Waals surface area contributed by atoms with Crippen molar-refractivity contribution in [3.8, 4) is 11.1 Å². The Hall–Kier alpha value is -2.91. The monoisotopic (exact) mass is 342 g/mol. The van der Waals surface area contributed by atoms with Crippen LogP contribution in [0, 0.1) is 0 Å². The predicted molar refractivity (Wildman–Crippen MR) is 106 cm³/mol. The minimum absolute atomic E-state index is 0.0350. The van der Waals surface area contributed by atoms with Gasteiger partial charge in [0.15, 0.2) is 0 Å². The molecule has 0 saturated heterocycles. The third-order valence-electron chi connectivity index (χ3n) is 4.86. The molecule has 1 amide bonds. The second kappa shape index (κ2) is 7.54. The van der Waals surface area contributed by atoms with E-state index in [9.17, 15) is 4.79 Å². The van der Waals surface area contributed by atoms with Gasteiger partial charge in [0, 0.05) is 24.3 Å². The van der Waals surface area contributed by atoms with Gasteiger partial charge in [-0.1, -0.05) is 72.8 Å². The molecule has 0 atom stereocenters. The molecule has 0 bridgehead atoms. The molecule has 3 aromatic rings. The molecule has 0 unspecified atom stereocenters. The van der Waals surface area contributed by atoms with Crippen LogP contribution in [-0.2, 0) is 17.8 Å². The van der Waals surface area contributed by atoms with Crippen LogP contribution in [0.25, 0.3) is 11.1 Å². The summed E-state index contributed by atoms with van der Waals surface area (Å²) in [6, 6.07) is 26.6. The maximum atomic E-state index is 12.6. The van der Waals surface area contributed by atoms with E-state index in [1.807, 2.05) is 42.5 Å². The van der Waals surface area contributed by atoms with Gasteiger partial charge in [0.1, 0.15) is 0 Å². The molecule has 0 radical (unpaired) electrons. The van der Waals surface area contributed by atoms with Crippen LogP contribution in [0.2, 0.25) is 0 Å². The van der Waals surface area contributed by atoms with E-state index in [2.05, 4.69) is 46.6 Å². The van der Waals surface area contributed by atoms with Crippen molar-refractivity contribution in [3.05, 3.63) is 90.0 Å². The Balaban J connectivity index is 1.45. The number of hydrogen-bond acceptors (Lipinski definition) is 2. The van der Waals surface area contributed by atoms with E-state index in [1.165, 1.54) is 11.1 Å². The van der Waals surface area contributed by atoms with E-state index in [-0.39, 0.29) is 5.91 Å². The summed E-state index contributed by atoms with van der Waals surface area (Å²) in [4.78, 5) is 14.8. The van der Waals surface area contributed by atoms with Gasteiger partial charge in [-0.15, -0.1) is 0 Å². The van der Waals surface area contributed by atoms with E-state index in [0.29, 0.717) is 6.54 Å². The maximum absolute atomic E-state index is 12.6. The van der Waals surface area contributed by atoms with Crippen molar-refractivity contribution < 1.29 is 4.79 Å². The number of carbonyl (C=O) groups excluding carboxylic acids is 1. The van der Waals surface area contributed by atoms with Crippen molar-refractivity contribution >= 4 is 11.6 Å². The third-order valence-corrected chi connectivity index (χ3v) is 4.86. The minimum atomic E-state index is 0.0350. The largest absolute Gasteiger partial charge is 0.324 e. The summed E-state index contributed by atoms with van der Waals surface area (Å²) in [7, 11) is 0. The van der Waals surface area contributed by atoms with Gasteiger partial charge >= 0.3 is 0 Å². The number of hydrogen-bond donors (Lipinski definition) is 1. The summed E-state index contributed by atoms with van der Waals surface area (Å²) in [5, 5.41) is 3.10. The number of carbonyl (C=O) groups is 1. The molecule has 4 rings (SSSR count). The van der Waals surface area contributed by atoms with Gasteiger partial charge in [0.05, 0.1) is 6.54 Å². The number of benzene rings is 3. The van der Waals surface area contributed by atoms with Crippen molar-refractivity contribution in [3.63, 3.8) is 0 Å². The zero-order valence-electron chi connectivity index (χ0n) is 14.7. The number of para-hydroxylation sites is 1. The first kappa shape index (κ1) is 16.6. The predicted octanol–water partition coefficient (Wildman–Crippen LogP) is 4.35. The summed E-state index contributed by atoms with van der Waals surface area (Å²) in [5.41, 5.74) is 5.75. The fraction of sp³-hybridized carbons (Fsp3) is 0.174. The molecule has 0 aromatic heterocycles. The SMILES string of the molecule is O=C(CN1CCc2ccccc2C1)Nc1ccccc1-c1ccccc1. The first-order valence-corrected chi connectivity index (χ1v) is 9.03. The van der Waals surface area contributed by atoms with E-state index < -0.39 is 0 Å². The van der Waals surface area contributed by atoms with Crippen LogP contribution in [0.4, 0.5) is 5.69 Å². The highest BCUT2D eigenvalue weighted by Crippen LogP contribution is 2.27. The second-order valence-electron chi connectivity index (χ2n) is 6.69. The molecule has 1 N–H and O–H groups in total. The van der Waals surface area contributed by atoms with Gasteiger partial charge in [-0.3, -0.25) is 9.69 Å². The average molecular weight is 342 g/mol. The van der Waals surface area contributed by atoms with Crippen LogP contribution in [-0.4, -0.2) is 23.9 Å². The lowest BCUT2D eigenvalue weighted by molar-refractivity contribution is -0.117. The van der Waals surface area contributed by atoms with Crippen LogP contribution in [0.1, 0.15) is 11.1 Å². The lowest BCUT2D eigenvalue weighted by Crippen LogP contribution is -2.37. The Morgan fingerprint density at radius 1 is 0.846 bits per heavy atom. The van der Waals surface area contributed by atoms with Gasteiger partial charge in [-0.25, -0.2) is 0 Å². The smallest absolute Gasteiger partial charge is 0.238 e. The molecule has 3 nitrogen and oxygen atoms in total. The fourth-order valence-electron chi connectivity index (χ4n) is 3.54. The lowest BCUT2D eigenvalue weighted by Gasteiger charge is -2.28. The van der Waals surface area contributed by atoms with E-state index >= 15 is 0 Å². The minimum Gasteiger partial charge on any atom is -0.324 e. The Morgan fingerprint density at radius 3 is 2.38 bits per heavy atom. The zero-order chi connectivity index (χ0) is 17.8. The van der Waals surface area contributed by atoms with Crippen molar-refractivity contribution in [1.82, 2.24) is 4.90 Å².